The van der Waals surface area contributed by atoms with E-state index < -0.39 is 11.2 Å². The van der Waals surface area contributed by atoms with Crippen LogP contribution in [0.25, 0.3) is 32.8 Å². The van der Waals surface area contributed by atoms with Gasteiger partial charge in [-0.1, -0.05) is 37.3 Å². The summed E-state index contributed by atoms with van der Waals surface area (Å²) >= 11 is 0. The number of hydrogen-bond acceptors (Lipinski definition) is 8. The average molecular weight is 519 g/mol. The summed E-state index contributed by atoms with van der Waals surface area (Å²) in [6.45, 7) is 2.58. The minimum absolute atomic E-state index is 0.0108. The summed E-state index contributed by atoms with van der Waals surface area (Å²) < 4.78 is 22.2. The monoisotopic (exact) mass is 518 g/mol. The molecule has 38 heavy (non-hydrogen) atoms. The van der Waals surface area contributed by atoms with Gasteiger partial charge in [-0.25, -0.2) is 4.39 Å². The van der Waals surface area contributed by atoms with Crippen LogP contribution < -0.4 is 15.0 Å². The Morgan fingerprint density at radius 2 is 1.74 bits per heavy atom. The maximum Gasteiger partial charge on any atom is 0.319 e. The van der Waals surface area contributed by atoms with Crippen molar-refractivity contribution in [1.82, 2.24) is 15.3 Å². The highest BCUT2D eigenvalue weighted by Crippen LogP contribution is 2.39. The lowest BCUT2D eigenvalue weighted by molar-refractivity contribution is 0.0259. The van der Waals surface area contributed by atoms with Gasteiger partial charge in [0.25, 0.3) is 0 Å². The predicted octanol–water partition coefficient (Wildman–Crippen LogP) is 3.61. The molecular formula is C29H31FN4O4. The van der Waals surface area contributed by atoms with E-state index in [1.807, 2.05) is 30.3 Å². The van der Waals surface area contributed by atoms with E-state index in [1.165, 1.54) is 0 Å². The molecule has 2 saturated heterocycles. The van der Waals surface area contributed by atoms with Crippen LogP contribution in [0.2, 0.25) is 0 Å². The summed E-state index contributed by atoms with van der Waals surface area (Å²) in [5.74, 6) is 0.121. The third kappa shape index (κ3) is 4.40. The topological polar surface area (TPSA) is 111 Å². The van der Waals surface area contributed by atoms with Crippen LogP contribution in [0.15, 0.2) is 48.5 Å². The van der Waals surface area contributed by atoms with Crippen molar-refractivity contribution in [1.29, 1.82) is 0 Å². The van der Waals surface area contributed by atoms with Crippen molar-refractivity contribution in [3.63, 3.8) is 0 Å². The molecule has 2 fully saturated rings. The highest BCUT2D eigenvalue weighted by molar-refractivity contribution is 6.01. The smallest absolute Gasteiger partial charge is 0.319 e. The second-order valence-corrected chi connectivity index (χ2v) is 10.8. The molecule has 3 aromatic carbocycles. The molecule has 2 aliphatic heterocycles. The number of ether oxygens (including phenoxy) is 1. The third-order valence-electron chi connectivity index (χ3n) is 7.73. The molecule has 2 unspecified atom stereocenters. The number of fused-ring (bicyclic) bond motifs is 4. The number of hydrogen-bond donors (Lipinski definition) is 4. The summed E-state index contributed by atoms with van der Waals surface area (Å²) in [5, 5.41) is 35.6. The van der Waals surface area contributed by atoms with E-state index in [1.54, 1.807) is 25.1 Å². The Morgan fingerprint density at radius 1 is 1.00 bits per heavy atom. The van der Waals surface area contributed by atoms with E-state index in [4.69, 9.17) is 9.72 Å². The molecule has 0 radical (unpaired) electrons. The number of benzene rings is 3. The molecule has 1 aromatic heterocycles. The van der Waals surface area contributed by atoms with E-state index in [0.29, 0.717) is 34.4 Å². The minimum Gasteiger partial charge on any atom is -0.508 e. The van der Waals surface area contributed by atoms with Crippen LogP contribution in [0.4, 0.5) is 10.2 Å². The summed E-state index contributed by atoms with van der Waals surface area (Å²) in [6, 6.07) is 15.0. The van der Waals surface area contributed by atoms with E-state index in [0.717, 1.165) is 36.7 Å². The van der Waals surface area contributed by atoms with E-state index in [2.05, 4.69) is 15.2 Å². The van der Waals surface area contributed by atoms with Crippen LogP contribution in [0, 0.1) is 11.2 Å². The van der Waals surface area contributed by atoms with Crippen LogP contribution >= 0.6 is 0 Å². The second-order valence-electron chi connectivity index (χ2n) is 10.8. The Labute approximate surface area is 219 Å². The number of nitrogens with one attached hydrogen (secondary N) is 1. The molecule has 3 heterocycles. The van der Waals surface area contributed by atoms with Crippen LogP contribution in [0.3, 0.4) is 0 Å². The quantitative estimate of drug-likeness (QED) is 0.294. The molecule has 198 valence electrons. The van der Waals surface area contributed by atoms with Crippen molar-refractivity contribution in [3.05, 3.63) is 54.3 Å². The molecule has 8 nitrogen and oxygen atoms in total. The van der Waals surface area contributed by atoms with Crippen molar-refractivity contribution < 1.29 is 24.4 Å². The third-order valence-corrected chi connectivity index (χ3v) is 7.73. The highest BCUT2D eigenvalue weighted by atomic mass is 19.1. The Bertz CT molecular complexity index is 1500. The number of phenolic OH excluding ortho intramolecular Hbond substituents is 1. The standard InChI is InChI=1S/C29H31FN4O4/c1-29(14-35,15-36)16-38-28-32-26-23(27(33-28)34-12-18-6-7-19(13-34)31-18)9-8-22(25(26)30)24-11-20(37)10-17-4-2-3-5-21(17)24/h2-5,8-11,18-19,31,35-37H,6-7,12-16H2,1H3. The van der Waals surface area contributed by atoms with Gasteiger partial charge in [-0.15, -0.1) is 0 Å². The van der Waals surface area contributed by atoms with Gasteiger partial charge in [-0.05, 0) is 47.4 Å². The lowest BCUT2D eigenvalue weighted by Gasteiger charge is -2.34. The number of nitrogens with zero attached hydrogens (tertiary/aromatic N) is 3. The van der Waals surface area contributed by atoms with Crippen molar-refractivity contribution >= 4 is 27.5 Å². The number of phenols is 1. The molecule has 9 heteroatoms. The zero-order valence-corrected chi connectivity index (χ0v) is 21.2. The Balaban J connectivity index is 1.50. The molecule has 4 aromatic rings. The average Bonchev–Trinajstić information content (AvgIpc) is 3.28. The maximum atomic E-state index is 16.4. The second kappa shape index (κ2) is 9.65. The number of rotatable bonds is 7. The minimum atomic E-state index is -0.895. The highest BCUT2D eigenvalue weighted by Gasteiger charge is 2.34. The molecule has 2 bridgehead atoms. The van der Waals surface area contributed by atoms with Crippen molar-refractivity contribution in [2.24, 2.45) is 5.41 Å². The van der Waals surface area contributed by atoms with Gasteiger partial charge in [-0.2, -0.15) is 9.97 Å². The molecule has 4 N–H and O–H groups in total. The molecule has 0 saturated carbocycles. The number of anilines is 1. The SMILES string of the molecule is CC(CO)(CO)COc1nc(N2CC3CCC(C2)N3)c2ccc(-c3cc(O)cc4ccccc34)c(F)c2n1. The molecule has 2 aliphatic rings. The number of aliphatic hydroxyl groups is 2. The Hall–Kier alpha value is -3.53. The van der Waals surface area contributed by atoms with Gasteiger partial charge in [0, 0.05) is 41.5 Å². The molecule has 0 spiro atoms. The predicted molar refractivity (Wildman–Crippen MR) is 144 cm³/mol. The van der Waals surface area contributed by atoms with Crippen molar-refractivity contribution in [2.45, 2.75) is 31.8 Å². The fourth-order valence-electron chi connectivity index (χ4n) is 5.51. The van der Waals surface area contributed by atoms with Crippen molar-refractivity contribution in [3.8, 4) is 22.9 Å². The van der Waals surface area contributed by atoms with E-state index in [-0.39, 0.29) is 37.1 Å². The largest absolute Gasteiger partial charge is 0.508 e. The number of piperazine rings is 1. The zero-order chi connectivity index (χ0) is 26.4. The molecular weight excluding hydrogens is 487 g/mol. The van der Waals surface area contributed by atoms with Crippen LogP contribution in [-0.4, -0.2) is 70.3 Å². The fraction of sp³-hybridized carbons (Fsp3) is 0.379. The summed E-state index contributed by atoms with van der Waals surface area (Å²) in [6.07, 6.45) is 2.17. The molecule has 0 amide bonds. The number of aromatic nitrogens is 2. The first-order chi connectivity index (χ1) is 18.4. The Kier molecular flexibility index (Phi) is 6.29. The lowest BCUT2D eigenvalue weighted by atomic mass is 9.95. The number of aliphatic hydroxyl groups excluding tert-OH is 2. The molecule has 0 aliphatic carbocycles. The first-order valence-electron chi connectivity index (χ1n) is 13.0. The van der Waals surface area contributed by atoms with E-state index >= 15 is 4.39 Å². The first-order valence-corrected chi connectivity index (χ1v) is 13.0. The van der Waals surface area contributed by atoms with E-state index in [9.17, 15) is 15.3 Å². The van der Waals surface area contributed by atoms with Gasteiger partial charge in [0.2, 0.25) is 0 Å². The summed E-state index contributed by atoms with van der Waals surface area (Å²) in [4.78, 5) is 11.3. The summed E-state index contributed by atoms with van der Waals surface area (Å²) in [7, 11) is 0. The molecule has 6 rings (SSSR count). The van der Waals surface area contributed by atoms with Crippen LogP contribution in [0.1, 0.15) is 19.8 Å². The number of halogens is 1. The Morgan fingerprint density at radius 3 is 2.47 bits per heavy atom. The normalized spacial score (nSPS) is 19.4. The van der Waals surface area contributed by atoms with Crippen LogP contribution in [-0.2, 0) is 0 Å². The number of aromatic hydroxyl groups is 1. The van der Waals surface area contributed by atoms with Crippen molar-refractivity contribution in [2.75, 3.05) is 37.8 Å². The van der Waals surface area contributed by atoms with Gasteiger partial charge < -0.3 is 30.3 Å². The van der Waals surface area contributed by atoms with Crippen LogP contribution in [0.5, 0.6) is 11.8 Å². The fourth-order valence-corrected chi connectivity index (χ4v) is 5.51. The molecule has 2 atom stereocenters. The zero-order valence-electron chi connectivity index (χ0n) is 21.2. The summed E-state index contributed by atoms with van der Waals surface area (Å²) in [5.41, 5.74) is 0.107. The lowest BCUT2D eigenvalue weighted by Crippen LogP contribution is -2.51. The van der Waals surface area contributed by atoms with Gasteiger partial charge in [0.1, 0.15) is 23.7 Å². The first kappa shape index (κ1) is 24.8. The van der Waals surface area contributed by atoms with Gasteiger partial charge >= 0.3 is 6.01 Å². The maximum absolute atomic E-state index is 16.4. The van der Waals surface area contributed by atoms with Gasteiger partial charge in [-0.3, -0.25) is 0 Å². The van der Waals surface area contributed by atoms with Gasteiger partial charge in [0.05, 0.1) is 13.2 Å². The van der Waals surface area contributed by atoms with Gasteiger partial charge in [0.15, 0.2) is 5.82 Å².